The van der Waals surface area contributed by atoms with E-state index in [0.717, 1.165) is 5.56 Å². The zero-order valence-corrected chi connectivity index (χ0v) is 14.8. The molecule has 27 heavy (non-hydrogen) atoms. The van der Waals surface area contributed by atoms with Gasteiger partial charge in [-0.2, -0.15) is 0 Å². The third-order valence-corrected chi connectivity index (χ3v) is 4.20. The van der Waals surface area contributed by atoms with Crippen molar-refractivity contribution in [1.82, 2.24) is 0 Å². The Kier molecular flexibility index (Phi) is 5.12. The normalized spacial score (nSPS) is 10.5. The molecule has 3 nitrogen and oxygen atoms in total. The molecule has 0 spiro atoms. The summed E-state index contributed by atoms with van der Waals surface area (Å²) in [6, 6.07) is 14.6. The van der Waals surface area contributed by atoms with Gasteiger partial charge in [0.25, 0.3) is 5.91 Å². The van der Waals surface area contributed by atoms with E-state index in [-0.39, 0.29) is 22.4 Å². The Hall–Kier alpha value is -3.34. The van der Waals surface area contributed by atoms with E-state index in [1.165, 1.54) is 36.4 Å². The van der Waals surface area contributed by atoms with Gasteiger partial charge in [0.05, 0.1) is 16.8 Å². The molecular weight excluding hydrogens is 348 g/mol. The molecule has 5 heteroatoms. The summed E-state index contributed by atoms with van der Waals surface area (Å²) in [5.41, 5.74) is 1.57. The second-order valence-electron chi connectivity index (χ2n) is 6.25. The van der Waals surface area contributed by atoms with Gasteiger partial charge in [0.2, 0.25) is 0 Å². The van der Waals surface area contributed by atoms with Gasteiger partial charge in [-0.05, 0) is 55.3 Å². The molecule has 0 fully saturated rings. The summed E-state index contributed by atoms with van der Waals surface area (Å²) in [5, 5.41) is 2.61. The molecule has 3 aromatic carbocycles. The van der Waals surface area contributed by atoms with E-state index in [2.05, 4.69) is 5.32 Å². The van der Waals surface area contributed by atoms with Gasteiger partial charge in [-0.25, -0.2) is 8.78 Å². The number of benzene rings is 3. The number of aryl methyl sites for hydroxylation is 2. The minimum absolute atomic E-state index is 0.0936. The Labute approximate surface area is 155 Å². The topological polar surface area (TPSA) is 46.2 Å². The van der Waals surface area contributed by atoms with Crippen LogP contribution < -0.4 is 5.32 Å². The summed E-state index contributed by atoms with van der Waals surface area (Å²) >= 11 is 0. The molecular formula is C22H17F2NO2. The second-order valence-corrected chi connectivity index (χ2v) is 6.25. The Morgan fingerprint density at radius 2 is 1.33 bits per heavy atom. The molecule has 0 saturated carbocycles. The Bertz CT molecular complexity index is 1040. The molecule has 0 radical (unpaired) electrons. The fraction of sp³-hybridized carbons (Fsp3) is 0.0909. The number of halogens is 2. The third kappa shape index (κ3) is 3.77. The van der Waals surface area contributed by atoms with Crippen LogP contribution in [0.4, 0.5) is 14.5 Å². The van der Waals surface area contributed by atoms with Gasteiger partial charge >= 0.3 is 0 Å². The summed E-state index contributed by atoms with van der Waals surface area (Å²) in [7, 11) is 0. The van der Waals surface area contributed by atoms with E-state index in [0.29, 0.717) is 5.56 Å². The van der Waals surface area contributed by atoms with Crippen molar-refractivity contribution in [2.75, 3.05) is 5.32 Å². The van der Waals surface area contributed by atoms with E-state index in [4.69, 9.17) is 0 Å². The van der Waals surface area contributed by atoms with Crippen molar-refractivity contribution in [1.29, 1.82) is 0 Å². The first-order chi connectivity index (χ1) is 12.9. The first kappa shape index (κ1) is 18.5. The monoisotopic (exact) mass is 365 g/mol. The summed E-state index contributed by atoms with van der Waals surface area (Å²) in [5.74, 6) is -2.54. The number of nitrogens with one attached hydrogen (secondary N) is 1. The van der Waals surface area contributed by atoms with Gasteiger partial charge in [0, 0.05) is 5.56 Å². The van der Waals surface area contributed by atoms with Gasteiger partial charge in [-0.1, -0.05) is 30.3 Å². The average molecular weight is 365 g/mol. The van der Waals surface area contributed by atoms with E-state index >= 15 is 0 Å². The highest BCUT2D eigenvalue weighted by Gasteiger charge is 2.21. The van der Waals surface area contributed by atoms with Crippen molar-refractivity contribution in [3.63, 3.8) is 0 Å². The standard InChI is InChI=1S/C22H17F2NO2/c1-13-11-14(2)20(25-22(27)16-8-4-6-10-19(16)24)17(12-13)21(26)15-7-3-5-9-18(15)23/h3-12H,1-2H3,(H,25,27). The van der Waals surface area contributed by atoms with Crippen molar-refractivity contribution in [3.05, 3.63) is 100 Å². The fourth-order valence-corrected chi connectivity index (χ4v) is 2.93. The fourth-order valence-electron chi connectivity index (χ4n) is 2.93. The van der Waals surface area contributed by atoms with Crippen LogP contribution in [0.3, 0.4) is 0 Å². The number of rotatable bonds is 4. The lowest BCUT2D eigenvalue weighted by Crippen LogP contribution is -2.18. The quantitative estimate of drug-likeness (QED) is 0.657. The van der Waals surface area contributed by atoms with Gasteiger partial charge in [0.1, 0.15) is 11.6 Å². The van der Waals surface area contributed by atoms with Crippen molar-refractivity contribution >= 4 is 17.4 Å². The highest BCUT2D eigenvalue weighted by Crippen LogP contribution is 2.27. The van der Waals surface area contributed by atoms with Crippen molar-refractivity contribution in [2.24, 2.45) is 0 Å². The van der Waals surface area contributed by atoms with Crippen LogP contribution in [-0.4, -0.2) is 11.7 Å². The second kappa shape index (κ2) is 7.50. The van der Waals surface area contributed by atoms with Crippen LogP contribution in [0.5, 0.6) is 0 Å². The number of anilines is 1. The maximum absolute atomic E-state index is 14.1. The van der Waals surface area contributed by atoms with Crippen molar-refractivity contribution < 1.29 is 18.4 Å². The molecule has 1 N–H and O–H groups in total. The number of amides is 1. The summed E-state index contributed by atoms with van der Waals surface area (Å²) < 4.78 is 28.0. The van der Waals surface area contributed by atoms with Crippen LogP contribution in [0, 0.1) is 25.5 Å². The lowest BCUT2D eigenvalue weighted by Gasteiger charge is -2.15. The van der Waals surface area contributed by atoms with Gasteiger partial charge in [0.15, 0.2) is 5.78 Å². The molecule has 0 aliphatic heterocycles. The smallest absolute Gasteiger partial charge is 0.258 e. The van der Waals surface area contributed by atoms with Crippen LogP contribution in [0.2, 0.25) is 0 Å². The largest absolute Gasteiger partial charge is 0.321 e. The summed E-state index contributed by atoms with van der Waals surface area (Å²) in [4.78, 5) is 25.4. The molecule has 1 amide bonds. The molecule has 136 valence electrons. The van der Waals surface area contributed by atoms with E-state index < -0.39 is 23.3 Å². The molecule has 0 heterocycles. The van der Waals surface area contributed by atoms with Gasteiger partial charge in [-0.15, -0.1) is 0 Å². The minimum atomic E-state index is -0.678. The van der Waals surface area contributed by atoms with E-state index in [1.807, 2.05) is 0 Å². The van der Waals surface area contributed by atoms with E-state index in [9.17, 15) is 18.4 Å². The van der Waals surface area contributed by atoms with Crippen LogP contribution in [-0.2, 0) is 0 Å². The Balaban J connectivity index is 2.06. The molecule has 3 rings (SSSR count). The number of hydrogen-bond donors (Lipinski definition) is 1. The zero-order valence-electron chi connectivity index (χ0n) is 14.8. The highest BCUT2D eigenvalue weighted by molar-refractivity contribution is 6.16. The maximum atomic E-state index is 14.1. The molecule has 3 aromatic rings. The molecule has 0 atom stereocenters. The number of hydrogen-bond acceptors (Lipinski definition) is 2. The van der Waals surface area contributed by atoms with Gasteiger partial charge < -0.3 is 5.32 Å². The lowest BCUT2D eigenvalue weighted by molar-refractivity contribution is 0.102. The summed E-state index contributed by atoms with van der Waals surface area (Å²) in [6.07, 6.45) is 0. The third-order valence-electron chi connectivity index (χ3n) is 4.20. The van der Waals surface area contributed by atoms with E-state index in [1.54, 1.807) is 38.1 Å². The molecule has 0 bridgehead atoms. The van der Waals surface area contributed by atoms with Crippen molar-refractivity contribution in [3.8, 4) is 0 Å². The minimum Gasteiger partial charge on any atom is -0.321 e. The summed E-state index contributed by atoms with van der Waals surface area (Å²) in [6.45, 7) is 3.52. The zero-order chi connectivity index (χ0) is 19.6. The van der Waals surface area contributed by atoms with Crippen LogP contribution in [0.25, 0.3) is 0 Å². The molecule has 0 saturated heterocycles. The first-order valence-corrected chi connectivity index (χ1v) is 8.35. The average Bonchev–Trinajstić information content (AvgIpc) is 2.63. The maximum Gasteiger partial charge on any atom is 0.258 e. The van der Waals surface area contributed by atoms with Crippen LogP contribution in [0.15, 0.2) is 60.7 Å². The molecule has 0 unspecified atom stereocenters. The molecule has 0 aromatic heterocycles. The number of carbonyl (C=O) groups is 2. The molecule has 0 aliphatic carbocycles. The van der Waals surface area contributed by atoms with Crippen LogP contribution in [0.1, 0.15) is 37.4 Å². The Morgan fingerprint density at radius 1 is 0.778 bits per heavy atom. The first-order valence-electron chi connectivity index (χ1n) is 8.35. The molecule has 0 aliphatic rings. The Morgan fingerprint density at radius 3 is 1.93 bits per heavy atom. The SMILES string of the molecule is Cc1cc(C)c(NC(=O)c2ccccc2F)c(C(=O)c2ccccc2F)c1. The van der Waals surface area contributed by atoms with Crippen LogP contribution >= 0.6 is 0 Å². The van der Waals surface area contributed by atoms with Gasteiger partial charge in [-0.3, -0.25) is 9.59 Å². The number of carbonyl (C=O) groups excluding carboxylic acids is 2. The highest BCUT2D eigenvalue weighted by atomic mass is 19.1. The predicted molar refractivity (Wildman–Crippen MR) is 100 cm³/mol. The lowest BCUT2D eigenvalue weighted by atomic mass is 9.96. The number of ketones is 1. The predicted octanol–water partition coefficient (Wildman–Crippen LogP) is 5.06. The van der Waals surface area contributed by atoms with Crippen molar-refractivity contribution in [2.45, 2.75) is 13.8 Å².